The summed E-state index contributed by atoms with van der Waals surface area (Å²) in [5.41, 5.74) is 15.6. The molecule has 2 heteroatoms. The van der Waals surface area contributed by atoms with E-state index in [4.69, 9.17) is 4.98 Å². The zero-order chi connectivity index (χ0) is 28.8. The normalized spacial score (nSPS) is 11.3. The lowest BCUT2D eigenvalue weighted by atomic mass is 9.83. The molecule has 0 radical (unpaired) electrons. The lowest BCUT2D eigenvalue weighted by Gasteiger charge is -2.21. The van der Waals surface area contributed by atoms with E-state index >= 15 is 0 Å². The largest absolute Gasteiger partial charge is 0.256 e. The van der Waals surface area contributed by atoms with Gasteiger partial charge in [0, 0.05) is 23.3 Å². The fourth-order valence-corrected chi connectivity index (χ4v) is 6.57. The standard InChI is InChI=1S/C40H32N2/c1-25-17-19-42-37(20-25)31-12-8-13-32(22-31)39-26(2)21-27(3)40(28(39)4)36-24-38-34(14-9-18-41-38)33-16-15-30(23-35(33)36)29-10-6-5-7-11-29/h5-24H,1-4H3. The highest BCUT2D eigenvalue weighted by Gasteiger charge is 2.19. The zero-order valence-electron chi connectivity index (χ0n) is 24.4. The molecule has 0 aliphatic carbocycles. The van der Waals surface area contributed by atoms with Gasteiger partial charge in [-0.2, -0.15) is 0 Å². The predicted octanol–water partition coefficient (Wildman–Crippen LogP) is 10.7. The van der Waals surface area contributed by atoms with Crippen LogP contribution in [0.4, 0.5) is 0 Å². The highest BCUT2D eigenvalue weighted by Crippen LogP contribution is 2.43. The summed E-state index contributed by atoms with van der Waals surface area (Å²) in [6, 6.07) is 39.3. The van der Waals surface area contributed by atoms with E-state index in [-0.39, 0.29) is 0 Å². The van der Waals surface area contributed by atoms with E-state index in [2.05, 4.69) is 130 Å². The Hall–Kier alpha value is -5.08. The molecular formula is C40H32N2. The molecule has 0 saturated heterocycles. The number of nitrogens with zero attached hydrogens (tertiary/aromatic N) is 2. The van der Waals surface area contributed by atoms with Crippen LogP contribution in [0.5, 0.6) is 0 Å². The van der Waals surface area contributed by atoms with Gasteiger partial charge in [-0.3, -0.25) is 9.97 Å². The molecule has 42 heavy (non-hydrogen) atoms. The van der Waals surface area contributed by atoms with Crippen LogP contribution in [0.1, 0.15) is 22.3 Å². The molecule has 5 aromatic carbocycles. The first-order chi connectivity index (χ1) is 20.5. The van der Waals surface area contributed by atoms with Crippen molar-refractivity contribution in [3.63, 3.8) is 0 Å². The second-order valence-corrected chi connectivity index (χ2v) is 11.3. The van der Waals surface area contributed by atoms with Crippen molar-refractivity contribution in [1.29, 1.82) is 0 Å². The number of aryl methyl sites for hydroxylation is 3. The predicted molar refractivity (Wildman–Crippen MR) is 178 cm³/mol. The first kappa shape index (κ1) is 25.9. The summed E-state index contributed by atoms with van der Waals surface area (Å²) in [7, 11) is 0. The Kier molecular flexibility index (Phi) is 6.40. The Bertz CT molecular complexity index is 2120. The highest BCUT2D eigenvalue weighted by atomic mass is 14.7. The second kappa shape index (κ2) is 10.4. The third kappa shape index (κ3) is 4.46. The SMILES string of the molecule is Cc1ccnc(-c2cccc(-c3c(C)cc(C)c(-c4cc5ncccc5c5ccc(-c6ccccc6)cc45)c3C)c2)c1. The summed E-state index contributed by atoms with van der Waals surface area (Å²) in [6.07, 6.45) is 3.78. The number of fused-ring (bicyclic) bond motifs is 3. The van der Waals surface area contributed by atoms with Gasteiger partial charge in [0.1, 0.15) is 0 Å². The summed E-state index contributed by atoms with van der Waals surface area (Å²) in [6.45, 7) is 8.85. The van der Waals surface area contributed by atoms with Crippen LogP contribution < -0.4 is 0 Å². The molecule has 0 aliphatic heterocycles. The van der Waals surface area contributed by atoms with E-state index < -0.39 is 0 Å². The fraction of sp³-hybridized carbons (Fsp3) is 0.100. The molecule has 0 bridgehead atoms. The van der Waals surface area contributed by atoms with Crippen molar-refractivity contribution in [2.75, 3.05) is 0 Å². The molecule has 7 rings (SSSR count). The third-order valence-electron chi connectivity index (χ3n) is 8.43. The van der Waals surface area contributed by atoms with E-state index in [1.807, 2.05) is 24.5 Å². The number of aromatic nitrogens is 2. The van der Waals surface area contributed by atoms with Gasteiger partial charge in [-0.25, -0.2) is 0 Å². The fourth-order valence-electron chi connectivity index (χ4n) is 6.57. The van der Waals surface area contributed by atoms with Gasteiger partial charge < -0.3 is 0 Å². The Morgan fingerprint density at radius 2 is 1.24 bits per heavy atom. The summed E-state index contributed by atoms with van der Waals surface area (Å²) >= 11 is 0. The summed E-state index contributed by atoms with van der Waals surface area (Å²) < 4.78 is 0. The number of rotatable bonds is 4. The van der Waals surface area contributed by atoms with Gasteiger partial charge in [-0.1, -0.05) is 72.8 Å². The smallest absolute Gasteiger partial charge is 0.0714 e. The van der Waals surface area contributed by atoms with E-state index in [1.165, 1.54) is 71.8 Å². The number of hydrogen-bond donors (Lipinski definition) is 0. The number of pyridine rings is 2. The first-order valence-electron chi connectivity index (χ1n) is 14.5. The van der Waals surface area contributed by atoms with Crippen LogP contribution in [0.25, 0.3) is 66.3 Å². The van der Waals surface area contributed by atoms with Crippen LogP contribution in [0.15, 0.2) is 122 Å². The molecule has 7 aromatic rings. The number of hydrogen-bond acceptors (Lipinski definition) is 2. The van der Waals surface area contributed by atoms with Crippen molar-refractivity contribution in [3.05, 3.63) is 144 Å². The van der Waals surface area contributed by atoms with E-state index in [1.54, 1.807) is 0 Å². The number of benzene rings is 5. The molecule has 0 fully saturated rings. The van der Waals surface area contributed by atoms with Crippen LogP contribution in [0.2, 0.25) is 0 Å². The molecular weight excluding hydrogens is 508 g/mol. The summed E-state index contributed by atoms with van der Waals surface area (Å²) in [4.78, 5) is 9.46. The molecule has 0 amide bonds. The average molecular weight is 541 g/mol. The quantitative estimate of drug-likeness (QED) is 0.208. The van der Waals surface area contributed by atoms with Crippen molar-refractivity contribution < 1.29 is 0 Å². The summed E-state index contributed by atoms with van der Waals surface area (Å²) in [5, 5.41) is 3.65. The monoisotopic (exact) mass is 540 g/mol. The van der Waals surface area contributed by atoms with Crippen LogP contribution in [-0.2, 0) is 0 Å². The molecule has 0 spiro atoms. The van der Waals surface area contributed by atoms with Crippen molar-refractivity contribution in [2.24, 2.45) is 0 Å². The molecule has 2 aromatic heterocycles. The maximum absolute atomic E-state index is 4.80. The molecule has 0 unspecified atom stereocenters. The Morgan fingerprint density at radius 1 is 0.452 bits per heavy atom. The lowest BCUT2D eigenvalue weighted by Crippen LogP contribution is -1.98. The average Bonchev–Trinajstić information content (AvgIpc) is 3.01. The van der Waals surface area contributed by atoms with Gasteiger partial charge in [0.2, 0.25) is 0 Å². The zero-order valence-corrected chi connectivity index (χ0v) is 24.4. The van der Waals surface area contributed by atoms with Gasteiger partial charge in [-0.15, -0.1) is 0 Å². The van der Waals surface area contributed by atoms with Gasteiger partial charge in [0.05, 0.1) is 11.2 Å². The lowest BCUT2D eigenvalue weighted by molar-refractivity contribution is 1.28. The maximum Gasteiger partial charge on any atom is 0.0714 e. The molecule has 0 N–H and O–H groups in total. The van der Waals surface area contributed by atoms with Crippen molar-refractivity contribution in [1.82, 2.24) is 9.97 Å². The van der Waals surface area contributed by atoms with Gasteiger partial charge >= 0.3 is 0 Å². The minimum atomic E-state index is 1.000. The minimum Gasteiger partial charge on any atom is -0.256 e. The van der Waals surface area contributed by atoms with Crippen molar-refractivity contribution in [3.8, 4) is 44.6 Å². The summed E-state index contributed by atoms with van der Waals surface area (Å²) in [5.74, 6) is 0. The van der Waals surface area contributed by atoms with E-state index in [0.717, 1.165) is 16.8 Å². The topological polar surface area (TPSA) is 25.8 Å². The maximum atomic E-state index is 4.80. The molecule has 0 saturated carbocycles. The molecule has 0 aliphatic rings. The van der Waals surface area contributed by atoms with Crippen LogP contribution in [-0.4, -0.2) is 9.97 Å². The minimum absolute atomic E-state index is 1.000. The van der Waals surface area contributed by atoms with E-state index in [9.17, 15) is 0 Å². The Balaban J connectivity index is 1.49. The molecule has 0 atom stereocenters. The van der Waals surface area contributed by atoms with Gasteiger partial charge in [-0.05, 0) is 131 Å². The van der Waals surface area contributed by atoms with Gasteiger partial charge in [0.15, 0.2) is 0 Å². The Morgan fingerprint density at radius 3 is 2.07 bits per heavy atom. The van der Waals surface area contributed by atoms with Crippen LogP contribution in [0.3, 0.4) is 0 Å². The first-order valence-corrected chi connectivity index (χ1v) is 14.5. The van der Waals surface area contributed by atoms with Gasteiger partial charge in [0.25, 0.3) is 0 Å². The third-order valence-corrected chi connectivity index (χ3v) is 8.43. The van der Waals surface area contributed by atoms with Crippen molar-refractivity contribution >= 4 is 21.7 Å². The van der Waals surface area contributed by atoms with Crippen molar-refractivity contribution in [2.45, 2.75) is 27.7 Å². The van der Waals surface area contributed by atoms with Crippen LogP contribution in [0, 0.1) is 27.7 Å². The van der Waals surface area contributed by atoms with E-state index in [0.29, 0.717) is 0 Å². The molecule has 2 heterocycles. The molecule has 202 valence electrons. The van der Waals surface area contributed by atoms with Crippen LogP contribution >= 0.6 is 0 Å². The second-order valence-electron chi connectivity index (χ2n) is 11.3. The highest BCUT2D eigenvalue weighted by molar-refractivity contribution is 6.14. The Labute approximate surface area is 247 Å². The molecule has 2 nitrogen and oxygen atoms in total.